The van der Waals surface area contributed by atoms with Crippen LogP contribution in [0.15, 0.2) is 0 Å². The van der Waals surface area contributed by atoms with Crippen LogP contribution in [0, 0.1) is 0 Å². The van der Waals surface area contributed by atoms with Gasteiger partial charge in [0.1, 0.15) is 5.54 Å². The minimum Gasteiger partial charge on any atom is -0.355 e. The Morgan fingerprint density at radius 3 is 2.29 bits per heavy atom. The lowest BCUT2D eigenvalue weighted by Gasteiger charge is -2.20. The normalized spacial score (nSPS) is 19.1. The number of alkyl halides is 3. The molecule has 1 fully saturated rings. The Hall–Kier alpha value is -0.780. The molecular formula is C8H13F3N2O. The molecule has 0 heterocycles. The summed E-state index contributed by atoms with van der Waals surface area (Å²) >= 11 is 0. The fourth-order valence-corrected chi connectivity index (χ4v) is 1.23. The Balaban J connectivity index is 2.22. The average Bonchev–Trinajstić information content (AvgIpc) is 2.77. The third-order valence-electron chi connectivity index (χ3n) is 2.25. The smallest absolute Gasteiger partial charge is 0.355 e. The Morgan fingerprint density at radius 1 is 1.36 bits per heavy atom. The molecule has 3 nitrogen and oxygen atoms in total. The molecule has 0 bridgehead atoms. The van der Waals surface area contributed by atoms with Crippen LogP contribution in [-0.4, -0.2) is 30.7 Å². The van der Waals surface area contributed by atoms with E-state index < -0.39 is 11.7 Å². The van der Waals surface area contributed by atoms with E-state index in [0.29, 0.717) is 0 Å². The van der Waals surface area contributed by atoms with Crippen LogP contribution in [0.3, 0.4) is 0 Å². The lowest BCUT2D eigenvalue weighted by Crippen LogP contribution is -2.47. The van der Waals surface area contributed by atoms with Gasteiger partial charge in [-0.2, -0.15) is 13.2 Å². The molecule has 1 saturated carbocycles. The maximum absolute atomic E-state index is 12.3. The molecule has 0 aromatic rings. The predicted octanol–water partition coefficient (Wildman–Crippen LogP) is 0.807. The number of rotatable bonds is 4. The van der Waals surface area contributed by atoms with Crippen molar-refractivity contribution in [3.63, 3.8) is 0 Å². The fraction of sp³-hybridized carbons (Fsp3) is 0.875. The van der Waals surface area contributed by atoms with Gasteiger partial charge in [0.25, 0.3) is 0 Å². The van der Waals surface area contributed by atoms with Crippen molar-refractivity contribution in [2.45, 2.75) is 31.5 Å². The summed E-state index contributed by atoms with van der Waals surface area (Å²) in [5.41, 5.74) is -1.68. The first kappa shape index (κ1) is 11.3. The summed E-state index contributed by atoms with van der Waals surface area (Å²) in [5.74, 6) is -0.233. The van der Waals surface area contributed by atoms with Gasteiger partial charge in [-0.25, -0.2) is 0 Å². The maximum Gasteiger partial charge on any atom is 0.406 e. The monoisotopic (exact) mass is 210 g/mol. The van der Waals surface area contributed by atoms with Crippen molar-refractivity contribution in [2.75, 3.05) is 13.1 Å². The molecule has 1 amide bonds. The first-order valence-electron chi connectivity index (χ1n) is 4.44. The minimum atomic E-state index is -4.18. The molecule has 0 spiro atoms. The number of carbonyl (C=O) groups is 1. The standard InChI is InChI=1S/C8H13F3N2O/c1-6(14)12-4-5-13-7(2-3-7)8(9,10)11/h13H,2-5H2,1H3,(H,12,14). The molecule has 82 valence electrons. The van der Waals surface area contributed by atoms with Gasteiger partial charge >= 0.3 is 6.18 Å². The summed E-state index contributed by atoms with van der Waals surface area (Å²) in [6, 6.07) is 0. The lowest BCUT2D eigenvalue weighted by molar-refractivity contribution is -0.165. The molecule has 1 aliphatic carbocycles. The number of halogens is 3. The number of nitrogens with one attached hydrogen (secondary N) is 2. The van der Waals surface area contributed by atoms with Crippen LogP contribution in [0.1, 0.15) is 19.8 Å². The third-order valence-corrected chi connectivity index (χ3v) is 2.25. The Kier molecular flexibility index (Phi) is 3.04. The largest absolute Gasteiger partial charge is 0.406 e. The van der Waals surface area contributed by atoms with Crippen molar-refractivity contribution in [1.29, 1.82) is 0 Å². The molecule has 0 saturated heterocycles. The third kappa shape index (κ3) is 2.60. The van der Waals surface area contributed by atoms with Crippen LogP contribution in [0.4, 0.5) is 13.2 Å². The molecule has 0 atom stereocenters. The van der Waals surface area contributed by atoms with Gasteiger partial charge in [-0.05, 0) is 12.8 Å². The molecule has 2 N–H and O–H groups in total. The van der Waals surface area contributed by atoms with E-state index in [0.717, 1.165) is 0 Å². The zero-order valence-corrected chi connectivity index (χ0v) is 7.87. The summed E-state index contributed by atoms with van der Waals surface area (Å²) in [4.78, 5) is 10.4. The van der Waals surface area contributed by atoms with E-state index in [1.54, 1.807) is 0 Å². The zero-order valence-electron chi connectivity index (χ0n) is 7.87. The van der Waals surface area contributed by atoms with Crippen LogP contribution in [0.5, 0.6) is 0 Å². The Morgan fingerprint density at radius 2 is 1.93 bits per heavy atom. The molecule has 14 heavy (non-hydrogen) atoms. The van der Waals surface area contributed by atoms with E-state index in [1.807, 2.05) is 0 Å². The van der Waals surface area contributed by atoms with Gasteiger partial charge in [0.2, 0.25) is 5.91 Å². The van der Waals surface area contributed by atoms with E-state index in [-0.39, 0.29) is 31.8 Å². The van der Waals surface area contributed by atoms with Gasteiger partial charge < -0.3 is 10.6 Å². The Bertz CT molecular complexity index is 223. The molecule has 1 rings (SSSR count). The van der Waals surface area contributed by atoms with Gasteiger partial charge in [0.15, 0.2) is 0 Å². The first-order valence-corrected chi connectivity index (χ1v) is 4.44. The van der Waals surface area contributed by atoms with Crippen LogP contribution >= 0.6 is 0 Å². The number of amides is 1. The molecule has 0 aromatic carbocycles. The Labute approximate surface area is 80.0 Å². The van der Waals surface area contributed by atoms with Crippen molar-refractivity contribution in [3.05, 3.63) is 0 Å². The molecule has 1 aliphatic rings. The van der Waals surface area contributed by atoms with Crippen LogP contribution in [0.2, 0.25) is 0 Å². The average molecular weight is 210 g/mol. The van der Waals surface area contributed by atoms with Crippen molar-refractivity contribution in [1.82, 2.24) is 10.6 Å². The summed E-state index contributed by atoms with van der Waals surface area (Å²) in [5, 5.41) is 4.85. The summed E-state index contributed by atoms with van der Waals surface area (Å²) in [7, 11) is 0. The van der Waals surface area contributed by atoms with E-state index in [9.17, 15) is 18.0 Å². The highest BCUT2D eigenvalue weighted by atomic mass is 19.4. The second-order valence-electron chi connectivity index (χ2n) is 3.49. The highest BCUT2D eigenvalue weighted by Gasteiger charge is 2.62. The molecule has 6 heteroatoms. The minimum absolute atomic E-state index is 0.135. The molecule has 0 unspecified atom stereocenters. The summed E-state index contributed by atoms with van der Waals surface area (Å²) < 4.78 is 37.0. The quantitative estimate of drug-likeness (QED) is 0.674. The number of carbonyl (C=O) groups excluding carboxylic acids is 1. The van der Waals surface area contributed by atoms with Crippen LogP contribution in [-0.2, 0) is 4.79 Å². The van der Waals surface area contributed by atoms with Gasteiger partial charge in [-0.1, -0.05) is 0 Å². The topological polar surface area (TPSA) is 41.1 Å². The summed E-state index contributed by atoms with van der Waals surface area (Å²) in [6.07, 6.45) is -3.91. The van der Waals surface area contributed by atoms with Crippen molar-refractivity contribution >= 4 is 5.91 Å². The maximum atomic E-state index is 12.3. The van der Waals surface area contributed by atoms with Gasteiger partial charge in [0.05, 0.1) is 0 Å². The van der Waals surface area contributed by atoms with Gasteiger partial charge in [0, 0.05) is 20.0 Å². The first-order chi connectivity index (χ1) is 6.37. The molecule has 0 radical (unpaired) electrons. The second kappa shape index (κ2) is 3.76. The van der Waals surface area contributed by atoms with Crippen molar-refractivity contribution < 1.29 is 18.0 Å². The van der Waals surface area contributed by atoms with Gasteiger partial charge in [-0.15, -0.1) is 0 Å². The molecule has 0 aromatic heterocycles. The fourth-order valence-electron chi connectivity index (χ4n) is 1.23. The summed E-state index contributed by atoms with van der Waals surface area (Å²) in [6.45, 7) is 1.71. The van der Waals surface area contributed by atoms with E-state index in [4.69, 9.17) is 0 Å². The van der Waals surface area contributed by atoms with E-state index in [2.05, 4.69) is 10.6 Å². The zero-order chi connectivity index (χ0) is 10.8. The highest BCUT2D eigenvalue weighted by Crippen LogP contribution is 2.48. The van der Waals surface area contributed by atoms with Crippen LogP contribution in [0.25, 0.3) is 0 Å². The number of hydrogen-bond donors (Lipinski definition) is 2. The molecular weight excluding hydrogens is 197 g/mol. The number of hydrogen-bond acceptors (Lipinski definition) is 2. The SMILES string of the molecule is CC(=O)NCCNC1(C(F)(F)F)CC1. The predicted molar refractivity (Wildman–Crippen MR) is 44.7 cm³/mol. The van der Waals surface area contributed by atoms with Crippen LogP contribution < -0.4 is 10.6 Å². The van der Waals surface area contributed by atoms with E-state index in [1.165, 1.54) is 6.92 Å². The van der Waals surface area contributed by atoms with Crippen molar-refractivity contribution in [3.8, 4) is 0 Å². The second-order valence-corrected chi connectivity index (χ2v) is 3.49. The lowest BCUT2D eigenvalue weighted by atomic mass is 10.2. The van der Waals surface area contributed by atoms with Gasteiger partial charge in [-0.3, -0.25) is 4.79 Å². The van der Waals surface area contributed by atoms with Crippen molar-refractivity contribution in [2.24, 2.45) is 0 Å². The molecule has 0 aliphatic heterocycles. The highest BCUT2D eigenvalue weighted by molar-refractivity contribution is 5.72. The van der Waals surface area contributed by atoms with E-state index >= 15 is 0 Å².